The van der Waals surface area contributed by atoms with Crippen molar-refractivity contribution in [2.45, 2.75) is 56.6 Å². The third-order valence-corrected chi connectivity index (χ3v) is 6.87. The summed E-state index contributed by atoms with van der Waals surface area (Å²) in [4.78, 5) is 14.5. The van der Waals surface area contributed by atoms with Crippen LogP contribution in [0.2, 0.25) is 5.02 Å². The van der Waals surface area contributed by atoms with Crippen molar-refractivity contribution in [2.75, 3.05) is 37.8 Å². The van der Waals surface area contributed by atoms with Gasteiger partial charge in [0.2, 0.25) is 0 Å². The van der Waals surface area contributed by atoms with Crippen LogP contribution < -0.4 is 4.90 Å². The summed E-state index contributed by atoms with van der Waals surface area (Å²) in [5.74, 6) is 1.07. The Balaban J connectivity index is 1.85. The third kappa shape index (κ3) is 6.12. The summed E-state index contributed by atoms with van der Waals surface area (Å²) in [6, 6.07) is 10.7. The topological polar surface area (TPSA) is 56.1 Å². The molecular formula is C24H32ClN5S. The molecule has 1 aromatic heterocycles. The van der Waals surface area contributed by atoms with Crippen LogP contribution in [-0.4, -0.2) is 53.8 Å². The number of hydrogen-bond donors (Lipinski definition) is 0. The number of aromatic nitrogens is 2. The highest BCUT2D eigenvalue weighted by atomic mass is 35.5. The van der Waals surface area contributed by atoms with Crippen LogP contribution in [0.5, 0.6) is 0 Å². The average molecular weight is 458 g/mol. The maximum Gasteiger partial charge on any atom is 0.189 e. The lowest BCUT2D eigenvalue weighted by Gasteiger charge is -2.40. The largest absolute Gasteiger partial charge is 0.353 e. The van der Waals surface area contributed by atoms with Gasteiger partial charge in [-0.2, -0.15) is 5.26 Å². The standard InChI is InChI=1S/C24H32ClN5S/c1-4-8-20-22(12-7-10-18-9-5-6-11-21(18)25)27-24(31-3)28-23(20)30-16-15-29(2)19(17-30)13-14-26/h5-6,9,11,19H,4,7-8,10,12-13,15-17H2,1-3H3. The van der Waals surface area contributed by atoms with Gasteiger partial charge in [0.25, 0.3) is 0 Å². The number of likely N-dealkylation sites (N-methyl/N-ethyl adjacent to an activating group) is 1. The van der Waals surface area contributed by atoms with Crippen LogP contribution >= 0.6 is 23.4 Å². The summed E-state index contributed by atoms with van der Waals surface area (Å²) < 4.78 is 0. The number of piperazine rings is 1. The molecule has 1 aliphatic heterocycles. The van der Waals surface area contributed by atoms with Crippen LogP contribution in [0, 0.1) is 11.3 Å². The highest BCUT2D eigenvalue weighted by Crippen LogP contribution is 2.29. The Morgan fingerprint density at radius 2 is 2.00 bits per heavy atom. The van der Waals surface area contributed by atoms with Gasteiger partial charge in [-0.05, 0) is 50.6 Å². The van der Waals surface area contributed by atoms with E-state index in [2.05, 4.69) is 35.9 Å². The fourth-order valence-corrected chi connectivity index (χ4v) is 4.78. The first-order chi connectivity index (χ1) is 15.1. The van der Waals surface area contributed by atoms with Gasteiger partial charge < -0.3 is 4.90 Å². The lowest BCUT2D eigenvalue weighted by Crippen LogP contribution is -2.52. The van der Waals surface area contributed by atoms with Crippen molar-refractivity contribution in [1.82, 2.24) is 14.9 Å². The van der Waals surface area contributed by atoms with Crippen LogP contribution in [0.3, 0.4) is 0 Å². The molecule has 1 unspecified atom stereocenters. The van der Waals surface area contributed by atoms with Crippen LogP contribution in [0.1, 0.15) is 43.0 Å². The first-order valence-electron chi connectivity index (χ1n) is 11.1. The molecule has 0 aliphatic carbocycles. The number of rotatable bonds is 9. The molecule has 3 rings (SSSR count). The summed E-state index contributed by atoms with van der Waals surface area (Å²) in [5.41, 5.74) is 3.64. The molecule has 1 fully saturated rings. The molecule has 1 aromatic carbocycles. The third-order valence-electron chi connectivity index (χ3n) is 5.95. The lowest BCUT2D eigenvalue weighted by atomic mass is 10.0. The average Bonchev–Trinajstić information content (AvgIpc) is 2.77. The molecule has 2 aromatic rings. The normalized spacial score (nSPS) is 17.0. The molecule has 0 radical (unpaired) electrons. The molecule has 5 nitrogen and oxygen atoms in total. The van der Waals surface area contributed by atoms with E-state index in [9.17, 15) is 5.26 Å². The van der Waals surface area contributed by atoms with Crippen LogP contribution in [-0.2, 0) is 19.3 Å². The Hall–Kier alpha value is -1.81. The molecule has 0 bridgehead atoms. The minimum atomic E-state index is 0.240. The van der Waals surface area contributed by atoms with Crippen molar-refractivity contribution in [1.29, 1.82) is 5.26 Å². The van der Waals surface area contributed by atoms with E-state index in [0.29, 0.717) is 6.42 Å². The number of benzene rings is 1. The van der Waals surface area contributed by atoms with Crippen molar-refractivity contribution < 1.29 is 0 Å². The maximum atomic E-state index is 9.24. The smallest absolute Gasteiger partial charge is 0.189 e. The van der Waals surface area contributed by atoms with Crippen molar-refractivity contribution in [3.63, 3.8) is 0 Å². The van der Waals surface area contributed by atoms with Crippen molar-refractivity contribution in [3.8, 4) is 6.07 Å². The first-order valence-corrected chi connectivity index (χ1v) is 12.7. The maximum absolute atomic E-state index is 9.24. The SMILES string of the molecule is CCCc1c(CCCc2ccccc2Cl)nc(SC)nc1N1CCN(C)C(CC#N)C1. The zero-order valence-electron chi connectivity index (χ0n) is 18.8. The van der Waals surface area contributed by atoms with E-state index in [1.807, 2.05) is 24.5 Å². The highest BCUT2D eigenvalue weighted by molar-refractivity contribution is 7.98. The van der Waals surface area contributed by atoms with E-state index in [1.54, 1.807) is 11.8 Å². The summed E-state index contributed by atoms with van der Waals surface area (Å²) in [6.07, 6.45) is 7.47. The second kappa shape index (κ2) is 11.7. The molecular weight excluding hydrogens is 426 g/mol. The number of anilines is 1. The monoisotopic (exact) mass is 457 g/mol. The van der Waals surface area contributed by atoms with E-state index < -0.39 is 0 Å². The Morgan fingerprint density at radius 1 is 1.19 bits per heavy atom. The molecule has 1 aliphatic rings. The zero-order valence-corrected chi connectivity index (χ0v) is 20.3. The van der Waals surface area contributed by atoms with Crippen molar-refractivity contribution >= 4 is 29.2 Å². The van der Waals surface area contributed by atoms with E-state index in [-0.39, 0.29) is 6.04 Å². The van der Waals surface area contributed by atoms with Gasteiger partial charge in [0.1, 0.15) is 5.82 Å². The molecule has 2 heterocycles. The minimum absolute atomic E-state index is 0.240. The molecule has 1 atom stereocenters. The molecule has 0 saturated carbocycles. The van der Waals surface area contributed by atoms with E-state index >= 15 is 0 Å². The first kappa shape index (κ1) is 23.8. The number of nitriles is 1. The predicted molar refractivity (Wildman–Crippen MR) is 130 cm³/mol. The number of hydrogen-bond acceptors (Lipinski definition) is 6. The van der Waals surface area contributed by atoms with Gasteiger partial charge in [-0.25, -0.2) is 9.97 Å². The quantitative estimate of drug-likeness (QED) is 0.389. The van der Waals surface area contributed by atoms with Gasteiger partial charge in [-0.1, -0.05) is 54.9 Å². The van der Waals surface area contributed by atoms with Gasteiger partial charge in [0.05, 0.1) is 18.2 Å². The second-order valence-electron chi connectivity index (χ2n) is 8.10. The van der Waals surface area contributed by atoms with Crippen LogP contribution in [0.4, 0.5) is 5.82 Å². The Kier molecular flexibility index (Phi) is 9.01. The molecule has 0 N–H and O–H groups in total. The molecule has 0 spiro atoms. The second-order valence-corrected chi connectivity index (χ2v) is 9.28. The van der Waals surface area contributed by atoms with Gasteiger partial charge in [-0.15, -0.1) is 0 Å². The Morgan fingerprint density at radius 3 is 2.71 bits per heavy atom. The minimum Gasteiger partial charge on any atom is -0.353 e. The van der Waals surface area contributed by atoms with E-state index in [0.717, 1.165) is 67.7 Å². The van der Waals surface area contributed by atoms with Gasteiger partial charge in [0, 0.05) is 36.3 Å². The summed E-state index contributed by atoms with van der Waals surface area (Å²) >= 11 is 7.95. The van der Waals surface area contributed by atoms with Gasteiger partial charge in [-0.3, -0.25) is 4.90 Å². The number of nitrogens with zero attached hydrogens (tertiary/aromatic N) is 5. The van der Waals surface area contributed by atoms with Gasteiger partial charge in [0.15, 0.2) is 5.16 Å². The molecule has 7 heteroatoms. The molecule has 31 heavy (non-hydrogen) atoms. The Labute approximate surface area is 195 Å². The summed E-state index contributed by atoms with van der Waals surface area (Å²) in [6.45, 7) is 4.92. The fraction of sp³-hybridized carbons (Fsp3) is 0.542. The molecule has 166 valence electrons. The van der Waals surface area contributed by atoms with E-state index in [1.165, 1.54) is 16.8 Å². The summed E-state index contributed by atoms with van der Waals surface area (Å²) in [5, 5.41) is 10.9. The molecule has 0 amide bonds. The van der Waals surface area contributed by atoms with E-state index in [4.69, 9.17) is 21.6 Å². The fourth-order valence-electron chi connectivity index (χ4n) is 4.17. The van der Waals surface area contributed by atoms with Crippen LogP contribution in [0.15, 0.2) is 29.4 Å². The summed E-state index contributed by atoms with van der Waals surface area (Å²) in [7, 11) is 2.11. The lowest BCUT2D eigenvalue weighted by molar-refractivity contribution is 0.220. The van der Waals surface area contributed by atoms with Crippen molar-refractivity contribution in [2.24, 2.45) is 0 Å². The van der Waals surface area contributed by atoms with Crippen LogP contribution in [0.25, 0.3) is 0 Å². The number of thioether (sulfide) groups is 1. The Bertz CT molecular complexity index is 913. The number of halogens is 1. The molecule has 1 saturated heterocycles. The predicted octanol–water partition coefficient (Wildman–Crippen LogP) is 5.01. The highest BCUT2D eigenvalue weighted by Gasteiger charge is 2.27. The zero-order chi connectivity index (χ0) is 22.2. The van der Waals surface area contributed by atoms with Gasteiger partial charge >= 0.3 is 0 Å². The van der Waals surface area contributed by atoms with Crippen molar-refractivity contribution in [3.05, 3.63) is 46.1 Å². The number of aryl methyl sites for hydroxylation is 2.